The van der Waals surface area contributed by atoms with Crippen LogP contribution in [0, 0.1) is 27.7 Å². The predicted molar refractivity (Wildman–Crippen MR) is 109 cm³/mol. The van der Waals surface area contributed by atoms with Crippen LogP contribution in [0.4, 0.5) is 0 Å². The molecule has 0 fully saturated rings. The number of aliphatic hydroxyl groups is 1. The number of hydrogen-bond acceptors (Lipinski definition) is 3. The summed E-state index contributed by atoms with van der Waals surface area (Å²) in [7, 11) is 0. The predicted octanol–water partition coefficient (Wildman–Crippen LogP) is 4.39. The minimum Gasteiger partial charge on any atom is -0.389 e. The van der Waals surface area contributed by atoms with Crippen molar-refractivity contribution in [1.29, 1.82) is 0 Å². The first-order chi connectivity index (χ1) is 12.3. The van der Waals surface area contributed by atoms with Crippen LogP contribution in [-0.4, -0.2) is 30.4 Å². The second-order valence-corrected chi connectivity index (χ2v) is 7.54. The van der Waals surface area contributed by atoms with Gasteiger partial charge in [-0.05, 0) is 61.1 Å². The van der Waals surface area contributed by atoms with E-state index >= 15 is 0 Å². The molecule has 0 saturated heterocycles. The first kappa shape index (κ1) is 20.6. The van der Waals surface area contributed by atoms with Crippen LogP contribution in [0.3, 0.4) is 0 Å². The van der Waals surface area contributed by atoms with Crippen LogP contribution >= 0.6 is 0 Å². The zero-order valence-corrected chi connectivity index (χ0v) is 17.0. The summed E-state index contributed by atoms with van der Waals surface area (Å²) >= 11 is 0. The van der Waals surface area contributed by atoms with Gasteiger partial charge in [0, 0.05) is 12.6 Å². The Morgan fingerprint density at radius 1 is 0.846 bits per heavy atom. The van der Waals surface area contributed by atoms with Crippen molar-refractivity contribution in [2.45, 2.75) is 59.8 Å². The van der Waals surface area contributed by atoms with E-state index in [0.29, 0.717) is 19.2 Å². The summed E-state index contributed by atoms with van der Waals surface area (Å²) in [5.74, 6) is 0. The molecule has 0 spiro atoms. The van der Waals surface area contributed by atoms with Gasteiger partial charge in [0.05, 0.1) is 12.7 Å². The summed E-state index contributed by atoms with van der Waals surface area (Å²) in [6.07, 6.45) is -0.709. The molecular weight excluding hydrogens is 322 g/mol. The average molecular weight is 356 g/mol. The van der Waals surface area contributed by atoms with Gasteiger partial charge in [-0.25, -0.2) is 0 Å². The van der Waals surface area contributed by atoms with Crippen LogP contribution in [0.15, 0.2) is 36.4 Å². The van der Waals surface area contributed by atoms with Crippen molar-refractivity contribution in [3.8, 4) is 0 Å². The molecule has 2 rings (SSSR count). The van der Waals surface area contributed by atoms with Gasteiger partial charge in [-0.1, -0.05) is 50.2 Å². The van der Waals surface area contributed by atoms with Gasteiger partial charge in [-0.2, -0.15) is 0 Å². The highest BCUT2D eigenvalue weighted by Crippen LogP contribution is 2.34. The third kappa shape index (κ3) is 5.16. The Labute approximate surface area is 158 Å². The first-order valence-electron chi connectivity index (χ1n) is 9.46. The molecule has 0 aromatic heterocycles. The minimum absolute atomic E-state index is 0.175. The Morgan fingerprint density at radius 2 is 1.27 bits per heavy atom. The third-order valence-corrected chi connectivity index (χ3v) is 4.83. The number of ether oxygens (including phenoxy) is 1. The number of hydrogen-bond donors (Lipinski definition) is 2. The van der Waals surface area contributed by atoms with E-state index in [9.17, 15) is 5.11 Å². The number of aryl methyl sites for hydroxylation is 4. The zero-order valence-electron chi connectivity index (χ0n) is 17.0. The van der Waals surface area contributed by atoms with Crippen LogP contribution in [0.5, 0.6) is 0 Å². The van der Waals surface area contributed by atoms with E-state index in [4.69, 9.17) is 4.74 Å². The lowest BCUT2D eigenvalue weighted by molar-refractivity contribution is 0.00512. The summed E-state index contributed by atoms with van der Waals surface area (Å²) in [6, 6.07) is 13.0. The highest BCUT2D eigenvalue weighted by atomic mass is 16.5. The van der Waals surface area contributed by atoms with E-state index in [1.54, 1.807) is 0 Å². The van der Waals surface area contributed by atoms with Gasteiger partial charge in [-0.15, -0.1) is 0 Å². The maximum atomic E-state index is 10.3. The SMILES string of the molecule is Cc1cccc(C)c1C(OCC(O)CNC(C)C)c1c(C)cccc1C. The Balaban J connectivity index is 2.34. The fourth-order valence-corrected chi connectivity index (χ4v) is 3.43. The number of benzene rings is 2. The van der Waals surface area contributed by atoms with Gasteiger partial charge in [-0.3, -0.25) is 0 Å². The third-order valence-electron chi connectivity index (χ3n) is 4.83. The molecule has 142 valence electrons. The van der Waals surface area contributed by atoms with Gasteiger partial charge >= 0.3 is 0 Å². The topological polar surface area (TPSA) is 41.5 Å². The van der Waals surface area contributed by atoms with Crippen molar-refractivity contribution in [1.82, 2.24) is 5.32 Å². The second-order valence-electron chi connectivity index (χ2n) is 7.54. The number of rotatable bonds is 8. The smallest absolute Gasteiger partial charge is 0.109 e. The summed E-state index contributed by atoms with van der Waals surface area (Å²) < 4.78 is 6.34. The van der Waals surface area contributed by atoms with E-state index in [1.807, 2.05) is 0 Å². The maximum Gasteiger partial charge on any atom is 0.109 e. The van der Waals surface area contributed by atoms with Gasteiger partial charge in [0.15, 0.2) is 0 Å². The lowest BCUT2D eigenvalue weighted by Gasteiger charge is -2.27. The summed E-state index contributed by atoms with van der Waals surface area (Å²) in [6.45, 7) is 13.5. The van der Waals surface area contributed by atoms with Gasteiger partial charge in [0.1, 0.15) is 6.10 Å². The van der Waals surface area contributed by atoms with Crippen LogP contribution in [0.2, 0.25) is 0 Å². The van der Waals surface area contributed by atoms with Crippen LogP contribution in [0.25, 0.3) is 0 Å². The van der Waals surface area contributed by atoms with Crippen molar-refractivity contribution in [2.75, 3.05) is 13.2 Å². The molecule has 2 aromatic carbocycles. The molecule has 1 atom stereocenters. The summed E-state index contributed by atoms with van der Waals surface area (Å²) in [5.41, 5.74) is 7.27. The van der Waals surface area contributed by atoms with E-state index in [1.165, 1.54) is 33.4 Å². The van der Waals surface area contributed by atoms with Crippen LogP contribution in [0.1, 0.15) is 53.3 Å². The molecule has 1 unspecified atom stereocenters. The monoisotopic (exact) mass is 355 g/mol. The minimum atomic E-state index is -0.534. The average Bonchev–Trinajstić information content (AvgIpc) is 2.56. The van der Waals surface area contributed by atoms with Crippen molar-refractivity contribution in [2.24, 2.45) is 0 Å². The van der Waals surface area contributed by atoms with E-state index < -0.39 is 6.10 Å². The maximum absolute atomic E-state index is 10.3. The normalized spacial score (nSPS) is 12.8. The Kier molecular flexibility index (Phi) is 7.39. The quantitative estimate of drug-likeness (QED) is 0.738. The lowest BCUT2D eigenvalue weighted by Crippen LogP contribution is -2.35. The van der Waals surface area contributed by atoms with Gasteiger partial charge in [0.25, 0.3) is 0 Å². The van der Waals surface area contributed by atoms with Crippen LogP contribution < -0.4 is 5.32 Å². The number of aliphatic hydroxyl groups excluding tert-OH is 1. The largest absolute Gasteiger partial charge is 0.389 e. The standard InChI is InChI=1S/C23H33NO2/c1-15(2)24-13-20(25)14-26-23(21-16(3)9-7-10-17(21)4)22-18(5)11-8-12-19(22)6/h7-12,15,20,23-25H,13-14H2,1-6H3. The van der Waals surface area contributed by atoms with E-state index in [2.05, 4.69) is 83.3 Å². The molecule has 2 aromatic rings. The molecule has 0 aliphatic rings. The molecule has 0 amide bonds. The molecule has 0 aliphatic heterocycles. The molecular formula is C23H33NO2. The molecule has 0 saturated carbocycles. The highest BCUT2D eigenvalue weighted by molar-refractivity contribution is 5.46. The Morgan fingerprint density at radius 3 is 1.65 bits per heavy atom. The molecule has 0 radical (unpaired) electrons. The zero-order chi connectivity index (χ0) is 19.3. The molecule has 26 heavy (non-hydrogen) atoms. The Bertz CT molecular complexity index is 632. The van der Waals surface area contributed by atoms with Gasteiger partial charge in [0.2, 0.25) is 0 Å². The number of nitrogens with one attached hydrogen (secondary N) is 1. The molecule has 0 bridgehead atoms. The van der Waals surface area contributed by atoms with Crippen molar-refractivity contribution < 1.29 is 9.84 Å². The lowest BCUT2D eigenvalue weighted by atomic mass is 9.88. The second kappa shape index (κ2) is 9.31. The molecule has 3 nitrogen and oxygen atoms in total. The van der Waals surface area contributed by atoms with Crippen molar-refractivity contribution in [3.05, 3.63) is 69.8 Å². The van der Waals surface area contributed by atoms with Crippen LogP contribution in [-0.2, 0) is 4.74 Å². The Hall–Kier alpha value is -1.68. The summed E-state index contributed by atoms with van der Waals surface area (Å²) in [4.78, 5) is 0. The van der Waals surface area contributed by atoms with E-state index in [0.717, 1.165) is 0 Å². The highest BCUT2D eigenvalue weighted by Gasteiger charge is 2.23. The van der Waals surface area contributed by atoms with Crippen molar-refractivity contribution >= 4 is 0 Å². The molecule has 3 heteroatoms. The molecule has 0 aliphatic carbocycles. The molecule has 2 N–H and O–H groups in total. The first-order valence-corrected chi connectivity index (χ1v) is 9.46. The van der Waals surface area contributed by atoms with Gasteiger partial charge < -0.3 is 15.2 Å². The van der Waals surface area contributed by atoms with Crippen molar-refractivity contribution in [3.63, 3.8) is 0 Å². The summed E-state index contributed by atoms with van der Waals surface area (Å²) in [5, 5.41) is 13.6. The molecule has 0 heterocycles. The fraction of sp³-hybridized carbons (Fsp3) is 0.478. The fourth-order valence-electron chi connectivity index (χ4n) is 3.43. The van der Waals surface area contributed by atoms with E-state index in [-0.39, 0.29) is 6.10 Å².